The molecule has 0 saturated carbocycles. The molecule has 0 bridgehead atoms. The Hall–Kier alpha value is -4.52. The number of carbonyl (C=O) groups excluding carboxylic acids is 1. The van der Waals surface area contributed by atoms with Crippen LogP contribution in [0.1, 0.15) is 33.3 Å². The van der Waals surface area contributed by atoms with Crippen LogP contribution >= 0.6 is 0 Å². The summed E-state index contributed by atoms with van der Waals surface area (Å²) in [6, 6.07) is 19.5. The lowest BCUT2D eigenvalue weighted by molar-refractivity contribution is 0.0730. The van der Waals surface area contributed by atoms with E-state index in [1.165, 1.54) is 0 Å². The van der Waals surface area contributed by atoms with Crippen LogP contribution in [0.5, 0.6) is 17.2 Å². The predicted octanol–water partition coefficient (Wildman–Crippen LogP) is 5.16. The number of ether oxygens (including phenoxy) is 3. The summed E-state index contributed by atoms with van der Waals surface area (Å²) < 4.78 is 22.5. The standard InChI is InChI=1S/C30H27NO6/c1-4-16-36-21-9-7-8-20(18-21)27-26-28(32)22-10-5-6-11-23(22)37-29(26)30(33)31(27)15-14-19-12-13-24(34-2)25(17-19)35-3/h4-13,17-18,27H,1,14-16H2,2-3H3. The Kier molecular flexibility index (Phi) is 6.68. The number of fused-ring (bicyclic) bond motifs is 2. The number of amides is 1. The molecular formula is C30H27NO6. The van der Waals surface area contributed by atoms with Crippen LogP contribution in [-0.2, 0) is 6.42 Å². The van der Waals surface area contributed by atoms with Crippen molar-refractivity contribution in [2.45, 2.75) is 12.5 Å². The van der Waals surface area contributed by atoms with Gasteiger partial charge in [-0.25, -0.2) is 0 Å². The molecule has 1 aromatic heterocycles. The minimum absolute atomic E-state index is 0.0819. The molecule has 0 saturated heterocycles. The van der Waals surface area contributed by atoms with Crippen molar-refractivity contribution in [1.29, 1.82) is 0 Å². The van der Waals surface area contributed by atoms with Crippen molar-refractivity contribution in [2.24, 2.45) is 0 Å². The number of benzene rings is 3. The quantitative estimate of drug-likeness (QED) is 0.297. The summed E-state index contributed by atoms with van der Waals surface area (Å²) in [5.41, 5.74) is 2.26. The zero-order valence-electron chi connectivity index (χ0n) is 20.7. The average molecular weight is 498 g/mol. The fraction of sp³-hybridized carbons (Fsp3) is 0.200. The van der Waals surface area contributed by atoms with E-state index in [-0.39, 0.29) is 17.1 Å². The highest BCUT2D eigenvalue weighted by Crippen LogP contribution is 2.39. The van der Waals surface area contributed by atoms with Crippen molar-refractivity contribution in [3.63, 3.8) is 0 Å². The van der Waals surface area contributed by atoms with Crippen molar-refractivity contribution >= 4 is 16.9 Å². The van der Waals surface area contributed by atoms with Crippen LogP contribution in [-0.4, -0.2) is 38.2 Å². The fourth-order valence-electron chi connectivity index (χ4n) is 4.76. The van der Waals surface area contributed by atoms with Crippen LogP contribution in [0.2, 0.25) is 0 Å². The average Bonchev–Trinajstić information content (AvgIpc) is 3.22. The van der Waals surface area contributed by atoms with E-state index in [1.807, 2.05) is 42.5 Å². The minimum Gasteiger partial charge on any atom is -0.493 e. The van der Waals surface area contributed by atoms with Crippen molar-refractivity contribution < 1.29 is 23.4 Å². The van der Waals surface area contributed by atoms with Crippen LogP contribution in [0, 0.1) is 0 Å². The van der Waals surface area contributed by atoms with Gasteiger partial charge >= 0.3 is 0 Å². The zero-order valence-corrected chi connectivity index (χ0v) is 20.7. The van der Waals surface area contributed by atoms with Gasteiger partial charge in [0.25, 0.3) is 5.91 Å². The minimum atomic E-state index is -0.615. The van der Waals surface area contributed by atoms with E-state index in [4.69, 9.17) is 18.6 Å². The molecule has 2 heterocycles. The van der Waals surface area contributed by atoms with E-state index in [2.05, 4.69) is 6.58 Å². The van der Waals surface area contributed by atoms with Gasteiger partial charge in [-0.15, -0.1) is 0 Å². The Balaban J connectivity index is 1.57. The first kappa shape index (κ1) is 24.2. The molecule has 4 aromatic rings. The van der Waals surface area contributed by atoms with Gasteiger partial charge in [-0.05, 0) is 53.9 Å². The number of carbonyl (C=O) groups is 1. The number of hydrogen-bond donors (Lipinski definition) is 0. The first-order chi connectivity index (χ1) is 18.0. The van der Waals surface area contributed by atoms with Crippen molar-refractivity contribution in [3.05, 3.63) is 112 Å². The first-order valence-electron chi connectivity index (χ1n) is 12.0. The van der Waals surface area contributed by atoms with Crippen molar-refractivity contribution in [1.82, 2.24) is 4.90 Å². The van der Waals surface area contributed by atoms with Crippen molar-refractivity contribution in [3.8, 4) is 17.2 Å². The molecule has 5 rings (SSSR count). The summed E-state index contributed by atoms with van der Waals surface area (Å²) in [6.45, 7) is 4.40. The van der Waals surface area contributed by atoms with E-state index in [0.717, 1.165) is 11.1 Å². The van der Waals surface area contributed by atoms with Gasteiger partial charge in [-0.3, -0.25) is 9.59 Å². The second kappa shape index (κ2) is 10.2. The molecule has 1 aliphatic rings. The normalized spacial score (nSPS) is 14.5. The van der Waals surface area contributed by atoms with Gasteiger partial charge < -0.3 is 23.5 Å². The largest absolute Gasteiger partial charge is 0.493 e. The maximum atomic E-state index is 13.7. The summed E-state index contributed by atoms with van der Waals surface area (Å²) in [6.07, 6.45) is 2.20. The molecule has 1 unspecified atom stereocenters. The zero-order chi connectivity index (χ0) is 25.9. The summed E-state index contributed by atoms with van der Waals surface area (Å²) in [5, 5.41) is 0.444. The molecule has 0 fully saturated rings. The van der Waals surface area contributed by atoms with Crippen LogP contribution in [0.4, 0.5) is 0 Å². The maximum Gasteiger partial charge on any atom is 0.290 e. The Morgan fingerprint density at radius 1 is 0.973 bits per heavy atom. The highest BCUT2D eigenvalue weighted by molar-refractivity contribution is 5.99. The van der Waals surface area contributed by atoms with E-state index in [0.29, 0.717) is 53.4 Å². The third-order valence-electron chi connectivity index (χ3n) is 6.50. The molecule has 0 spiro atoms. The lowest BCUT2D eigenvalue weighted by Crippen LogP contribution is -2.31. The molecule has 1 atom stereocenters. The molecule has 1 aliphatic heterocycles. The van der Waals surface area contributed by atoms with E-state index < -0.39 is 6.04 Å². The summed E-state index contributed by atoms with van der Waals surface area (Å²) in [4.78, 5) is 29.0. The first-order valence-corrected chi connectivity index (χ1v) is 12.0. The number of nitrogens with zero attached hydrogens (tertiary/aromatic N) is 1. The molecule has 0 N–H and O–H groups in total. The fourth-order valence-corrected chi connectivity index (χ4v) is 4.76. The van der Waals surface area contributed by atoms with E-state index in [9.17, 15) is 9.59 Å². The van der Waals surface area contributed by atoms with Gasteiger partial charge in [-0.1, -0.05) is 43.0 Å². The van der Waals surface area contributed by atoms with Crippen LogP contribution in [0.25, 0.3) is 11.0 Å². The Bertz CT molecular complexity index is 1540. The lowest BCUT2D eigenvalue weighted by Gasteiger charge is -2.25. The molecule has 7 heteroatoms. The van der Waals surface area contributed by atoms with Gasteiger partial charge in [0.05, 0.1) is 31.2 Å². The molecule has 7 nitrogen and oxygen atoms in total. The maximum absolute atomic E-state index is 13.7. The monoisotopic (exact) mass is 497 g/mol. The number of hydrogen-bond acceptors (Lipinski definition) is 6. The molecule has 3 aromatic carbocycles. The number of rotatable bonds is 9. The summed E-state index contributed by atoms with van der Waals surface area (Å²) in [5.74, 6) is 1.64. The van der Waals surface area contributed by atoms with Crippen LogP contribution < -0.4 is 19.6 Å². The van der Waals surface area contributed by atoms with E-state index in [1.54, 1.807) is 49.5 Å². The molecule has 0 aliphatic carbocycles. The molecule has 37 heavy (non-hydrogen) atoms. The Morgan fingerprint density at radius 2 is 1.78 bits per heavy atom. The Morgan fingerprint density at radius 3 is 2.57 bits per heavy atom. The SMILES string of the molecule is C=CCOc1cccc(C2c3c(oc4ccccc4c3=O)C(=O)N2CCc2ccc(OC)c(OC)c2)c1. The van der Waals surface area contributed by atoms with E-state index >= 15 is 0 Å². The number of methoxy groups -OCH3 is 2. The highest BCUT2D eigenvalue weighted by Gasteiger charge is 2.42. The second-order valence-electron chi connectivity index (χ2n) is 8.68. The third-order valence-corrected chi connectivity index (χ3v) is 6.50. The molecule has 1 amide bonds. The number of para-hydroxylation sites is 1. The van der Waals surface area contributed by atoms with Gasteiger partial charge in [0.15, 0.2) is 16.9 Å². The second-order valence-corrected chi connectivity index (χ2v) is 8.68. The van der Waals surface area contributed by atoms with Gasteiger partial charge in [-0.2, -0.15) is 0 Å². The van der Waals surface area contributed by atoms with Crippen LogP contribution in [0.3, 0.4) is 0 Å². The smallest absolute Gasteiger partial charge is 0.290 e. The van der Waals surface area contributed by atoms with Gasteiger partial charge in [0, 0.05) is 6.54 Å². The van der Waals surface area contributed by atoms with Gasteiger partial charge in [0.1, 0.15) is 17.9 Å². The molecule has 188 valence electrons. The van der Waals surface area contributed by atoms with Gasteiger partial charge in [0.2, 0.25) is 5.76 Å². The molecule has 0 radical (unpaired) electrons. The topological polar surface area (TPSA) is 78.2 Å². The van der Waals surface area contributed by atoms with Crippen LogP contribution in [0.15, 0.2) is 88.6 Å². The predicted molar refractivity (Wildman–Crippen MR) is 141 cm³/mol. The summed E-state index contributed by atoms with van der Waals surface area (Å²) in [7, 11) is 3.17. The van der Waals surface area contributed by atoms with Crippen molar-refractivity contribution in [2.75, 3.05) is 27.4 Å². The third kappa shape index (κ3) is 4.44. The molecular weight excluding hydrogens is 470 g/mol. The highest BCUT2D eigenvalue weighted by atomic mass is 16.5. The lowest BCUT2D eigenvalue weighted by atomic mass is 9.98. The Labute approximate surface area is 214 Å². The summed E-state index contributed by atoms with van der Waals surface area (Å²) >= 11 is 0.